The maximum absolute atomic E-state index is 12.4. The third-order valence-corrected chi connectivity index (χ3v) is 3.33. The number of nitrogens with two attached hydrogens (primary N) is 1. The zero-order valence-electron chi connectivity index (χ0n) is 14.9. The molecule has 0 saturated heterocycles. The van der Waals surface area contributed by atoms with E-state index in [1.165, 1.54) is 0 Å². The van der Waals surface area contributed by atoms with E-state index in [1.807, 2.05) is 44.2 Å². The van der Waals surface area contributed by atoms with Gasteiger partial charge in [-0.3, -0.25) is 14.9 Å². The van der Waals surface area contributed by atoms with Crippen LogP contribution in [0.4, 0.5) is 0 Å². The molecule has 0 heterocycles. The molecule has 6 heteroatoms. The lowest BCUT2D eigenvalue weighted by Crippen LogP contribution is -2.43. The lowest BCUT2D eigenvalue weighted by molar-refractivity contribution is -0.123. The zero-order chi connectivity index (χ0) is 18.1. The van der Waals surface area contributed by atoms with Crippen molar-refractivity contribution in [3.05, 3.63) is 35.9 Å². The summed E-state index contributed by atoms with van der Waals surface area (Å²) in [6.07, 6.45) is 0.420. The van der Waals surface area contributed by atoms with E-state index in [-0.39, 0.29) is 23.7 Å². The Morgan fingerprint density at radius 1 is 1.08 bits per heavy atom. The largest absolute Gasteiger partial charge is 0.370 e. The molecule has 0 aliphatic heterocycles. The van der Waals surface area contributed by atoms with Crippen LogP contribution >= 0.6 is 0 Å². The van der Waals surface area contributed by atoms with Crippen molar-refractivity contribution in [1.29, 1.82) is 0 Å². The first kappa shape index (κ1) is 19.7. The predicted molar refractivity (Wildman–Crippen MR) is 96.4 cm³/mol. The Morgan fingerprint density at radius 3 is 2.25 bits per heavy atom. The van der Waals surface area contributed by atoms with Gasteiger partial charge < -0.3 is 11.1 Å². The molecule has 6 nitrogen and oxygen atoms in total. The molecule has 1 atom stereocenters. The fourth-order valence-corrected chi connectivity index (χ4v) is 1.93. The van der Waals surface area contributed by atoms with E-state index < -0.39 is 6.04 Å². The summed E-state index contributed by atoms with van der Waals surface area (Å²) in [7, 11) is 0. The Bertz CT molecular complexity index is 568. The summed E-state index contributed by atoms with van der Waals surface area (Å²) in [5.41, 5.74) is 6.78. The molecule has 0 fully saturated rings. The second-order valence-electron chi connectivity index (χ2n) is 6.50. The van der Waals surface area contributed by atoms with Crippen LogP contribution in [-0.2, 0) is 16.0 Å². The number of carbonyl (C=O) groups excluding carboxylic acids is 2. The number of nitrogens with one attached hydrogen (secondary N) is 2. The number of hydrogen-bond acceptors (Lipinski definition) is 3. The van der Waals surface area contributed by atoms with E-state index in [1.54, 1.807) is 13.8 Å². The molecule has 1 aromatic carbocycles. The van der Waals surface area contributed by atoms with Gasteiger partial charge in [-0.2, -0.15) is 0 Å². The van der Waals surface area contributed by atoms with E-state index in [0.717, 1.165) is 5.56 Å². The summed E-state index contributed by atoms with van der Waals surface area (Å²) < 4.78 is 0. The van der Waals surface area contributed by atoms with Crippen LogP contribution in [0.3, 0.4) is 0 Å². The van der Waals surface area contributed by atoms with Gasteiger partial charge in [-0.05, 0) is 11.5 Å². The van der Waals surface area contributed by atoms with Crippen molar-refractivity contribution >= 4 is 17.8 Å². The summed E-state index contributed by atoms with van der Waals surface area (Å²) in [5, 5.41) is 5.39. The Balaban J connectivity index is 2.87. The molecular formula is C18H28N4O2. The fourth-order valence-electron chi connectivity index (χ4n) is 1.93. The van der Waals surface area contributed by atoms with Gasteiger partial charge in [-0.1, -0.05) is 58.0 Å². The zero-order valence-corrected chi connectivity index (χ0v) is 14.9. The molecule has 0 bridgehead atoms. The van der Waals surface area contributed by atoms with E-state index in [2.05, 4.69) is 15.6 Å². The van der Waals surface area contributed by atoms with Crippen LogP contribution in [0.25, 0.3) is 0 Å². The first-order valence-electron chi connectivity index (χ1n) is 8.25. The summed E-state index contributed by atoms with van der Waals surface area (Å²) >= 11 is 0. The van der Waals surface area contributed by atoms with Crippen molar-refractivity contribution in [2.75, 3.05) is 6.54 Å². The highest BCUT2D eigenvalue weighted by Gasteiger charge is 2.19. The topological polar surface area (TPSA) is 96.6 Å². The average Bonchev–Trinajstić information content (AvgIpc) is 2.52. The maximum Gasteiger partial charge on any atom is 0.245 e. The van der Waals surface area contributed by atoms with Gasteiger partial charge in [-0.15, -0.1) is 0 Å². The average molecular weight is 332 g/mol. The molecule has 1 aromatic rings. The van der Waals surface area contributed by atoms with Crippen molar-refractivity contribution in [2.24, 2.45) is 22.6 Å². The SMILES string of the molecule is CC(C)CNC(=O)C(Cc1ccccc1)N=C(N)NC(=O)C(C)C. The van der Waals surface area contributed by atoms with Gasteiger partial charge in [0, 0.05) is 18.9 Å². The van der Waals surface area contributed by atoms with Crippen LogP contribution < -0.4 is 16.4 Å². The van der Waals surface area contributed by atoms with E-state index >= 15 is 0 Å². The molecule has 2 amide bonds. The normalized spacial score (nSPS) is 13.0. The first-order valence-corrected chi connectivity index (χ1v) is 8.25. The number of guanidine groups is 1. The van der Waals surface area contributed by atoms with Crippen LogP contribution in [0.2, 0.25) is 0 Å². The molecule has 0 saturated carbocycles. The van der Waals surface area contributed by atoms with Crippen molar-refractivity contribution in [3.8, 4) is 0 Å². The van der Waals surface area contributed by atoms with Crippen LogP contribution in [-0.4, -0.2) is 30.4 Å². The number of rotatable bonds is 7. The molecule has 1 rings (SSSR count). The maximum atomic E-state index is 12.4. The molecule has 24 heavy (non-hydrogen) atoms. The smallest absolute Gasteiger partial charge is 0.245 e. The summed E-state index contributed by atoms with van der Waals surface area (Å²) in [5.74, 6) is -0.324. The third kappa shape index (κ3) is 7.26. The summed E-state index contributed by atoms with van der Waals surface area (Å²) in [6, 6.07) is 8.91. The van der Waals surface area contributed by atoms with E-state index in [0.29, 0.717) is 18.9 Å². The minimum Gasteiger partial charge on any atom is -0.370 e. The molecule has 0 aliphatic carbocycles. The van der Waals surface area contributed by atoms with Crippen molar-refractivity contribution < 1.29 is 9.59 Å². The molecule has 0 aliphatic rings. The van der Waals surface area contributed by atoms with Crippen LogP contribution in [0.1, 0.15) is 33.3 Å². The highest BCUT2D eigenvalue weighted by atomic mass is 16.2. The Hall–Kier alpha value is -2.37. The number of carbonyl (C=O) groups is 2. The Morgan fingerprint density at radius 2 is 1.71 bits per heavy atom. The number of amides is 2. The van der Waals surface area contributed by atoms with Gasteiger partial charge >= 0.3 is 0 Å². The van der Waals surface area contributed by atoms with Gasteiger partial charge in [0.2, 0.25) is 11.8 Å². The minimum atomic E-state index is -0.682. The number of benzene rings is 1. The third-order valence-electron chi connectivity index (χ3n) is 3.33. The van der Waals surface area contributed by atoms with Gasteiger partial charge in [0.05, 0.1) is 0 Å². The minimum absolute atomic E-state index is 0.0330. The standard InChI is InChI=1S/C18H28N4O2/c1-12(2)11-20-17(24)15(10-14-8-6-5-7-9-14)21-18(19)22-16(23)13(3)4/h5-9,12-13,15H,10-11H2,1-4H3,(H,20,24)(H3,19,21,22,23). The van der Waals surface area contributed by atoms with E-state index in [9.17, 15) is 9.59 Å². The van der Waals surface area contributed by atoms with Crippen LogP contribution in [0, 0.1) is 11.8 Å². The highest BCUT2D eigenvalue weighted by molar-refractivity contribution is 5.98. The van der Waals surface area contributed by atoms with E-state index in [4.69, 9.17) is 5.73 Å². The lowest BCUT2D eigenvalue weighted by Gasteiger charge is -2.16. The second-order valence-corrected chi connectivity index (χ2v) is 6.50. The van der Waals surface area contributed by atoms with Gasteiger partial charge in [-0.25, -0.2) is 4.99 Å². The number of nitrogens with zero attached hydrogens (tertiary/aromatic N) is 1. The van der Waals surface area contributed by atoms with Crippen molar-refractivity contribution in [3.63, 3.8) is 0 Å². The molecular weight excluding hydrogens is 304 g/mol. The second kappa shape index (κ2) is 9.70. The first-order chi connectivity index (χ1) is 11.3. The van der Waals surface area contributed by atoms with Crippen molar-refractivity contribution in [1.82, 2.24) is 10.6 Å². The summed E-state index contributed by atoms with van der Waals surface area (Å²) in [4.78, 5) is 28.3. The fraction of sp³-hybridized carbons (Fsp3) is 0.500. The molecule has 1 unspecified atom stereocenters. The number of hydrogen-bond donors (Lipinski definition) is 3. The Kier molecular flexibility index (Phi) is 7.95. The summed E-state index contributed by atoms with van der Waals surface area (Å²) in [6.45, 7) is 8.14. The monoisotopic (exact) mass is 332 g/mol. The Labute approximate surface area is 143 Å². The molecule has 0 radical (unpaired) electrons. The predicted octanol–water partition coefficient (Wildman–Crippen LogP) is 1.46. The van der Waals surface area contributed by atoms with Gasteiger partial charge in [0.1, 0.15) is 6.04 Å². The molecule has 132 valence electrons. The molecule has 4 N–H and O–H groups in total. The van der Waals surface area contributed by atoms with Crippen LogP contribution in [0.5, 0.6) is 0 Å². The quantitative estimate of drug-likeness (QED) is 0.521. The highest BCUT2D eigenvalue weighted by Crippen LogP contribution is 2.07. The molecule has 0 aromatic heterocycles. The van der Waals surface area contributed by atoms with Gasteiger partial charge in [0.25, 0.3) is 0 Å². The van der Waals surface area contributed by atoms with Crippen LogP contribution in [0.15, 0.2) is 35.3 Å². The number of aliphatic imine (C=N–C) groups is 1. The van der Waals surface area contributed by atoms with Crippen molar-refractivity contribution in [2.45, 2.75) is 40.2 Å². The lowest BCUT2D eigenvalue weighted by atomic mass is 10.1. The molecule has 0 spiro atoms. The van der Waals surface area contributed by atoms with Gasteiger partial charge in [0.15, 0.2) is 5.96 Å².